The molecule has 1 aliphatic heterocycles. The summed E-state index contributed by atoms with van der Waals surface area (Å²) >= 11 is 0. The summed E-state index contributed by atoms with van der Waals surface area (Å²) in [5, 5.41) is 0. The van der Waals surface area contributed by atoms with Gasteiger partial charge in [0.2, 0.25) is 0 Å². The van der Waals surface area contributed by atoms with Crippen molar-refractivity contribution in [1.82, 2.24) is 4.90 Å². The van der Waals surface area contributed by atoms with Crippen LogP contribution in [0.25, 0.3) is 0 Å². The molecule has 1 aliphatic rings. The Kier molecular flexibility index (Phi) is 3.21. The van der Waals surface area contributed by atoms with Gasteiger partial charge in [0, 0.05) is 5.56 Å². The van der Waals surface area contributed by atoms with Gasteiger partial charge in [-0.3, -0.25) is 4.79 Å². The highest BCUT2D eigenvalue weighted by molar-refractivity contribution is 7.69. The van der Waals surface area contributed by atoms with Crippen molar-refractivity contribution in [2.45, 2.75) is 6.54 Å². The van der Waals surface area contributed by atoms with Crippen molar-refractivity contribution in [3.63, 3.8) is 0 Å². The Bertz CT molecular complexity index is 551. The molecule has 0 aliphatic carbocycles. The molecule has 96 valence electrons. The molecule has 0 unspecified atom stereocenters. The normalized spacial score (nSPS) is 14.6. The van der Waals surface area contributed by atoms with E-state index in [-0.39, 0.29) is 12.5 Å². The van der Waals surface area contributed by atoms with Gasteiger partial charge in [-0.15, -0.1) is 0 Å². The molecule has 0 fully saturated rings. The minimum atomic E-state index is -4.91. The second kappa shape index (κ2) is 4.53. The number of carbonyl (C=O) groups excluding carboxylic acids is 2. The molecule has 1 aromatic carbocycles. The average molecular weight is 271 g/mol. The van der Waals surface area contributed by atoms with Crippen molar-refractivity contribution in [2.75, 3.05) is 6.73 Å². The summed E-state index contributed by atoms with van der Waals surface area (Å²) in [6, 6.07) is 6.89. The maximum atomic E-state index is 11.8. The highest BCUT2D eigenvalue weighted by atomic mass is 31.2. The largest absolute Gasteiger partial charge is 0.435 e. The first-order valence-electron chi connectivity index (χ1n) is 4.99. The van der Waals surface area contributed by atoms with Gasteiger partial charge in [0.05, 0.1) is 6.54 Å². The van der Waals surface area contributed by atoms with Gasteiger partial charge in [-0.1, -0.05) is 18.2 Å². The molecule has 7 nitrogen and oxygen atoms in total. The molecule has 2 N–H and O–H groups in total. The first kappa shape index (κ1) is 12.8. The molecule has 0 radical (unpaired) electrons. The van der Waals surface area contributed by atoms with Crippen LogP contribution >= 0.6 is 7.60 Å². The van der Waals surface area contributed by atoms with E-state index >= 15 is 0 Å². The summed E-state index contributed by atoms with van der Waals surface area (Å²) in [5.41, 5.74) is -0.342. The van der Waals surface area contributed by atoms with Crippen LogP contribution in [0.2, 0.25) is 0 Å². The molecule has 0 atom stereocenters. The second-order valence-corrected chi connectivity index (χ2v) is 5.20. The van der Waals surface area contributed by atoms with Gasteiger partial charge in [0.15, 0.2) is 6.73 Å². The van der Waals surface area contributed by atoms with E-state index in [0.717, 1.165) is 5.56 Å². The quantitative estimate of drug-likeness (QED) is 0.792. The van der Waals surface area contributed by atoms with Gasteiger partial charge in [-0.25, -0.2) is 9.36 Å². The highest BCUT2D eigenvalue weighted by Crippen LogP contribution is 2.37. The minimum absolute atomic E-state index is 0.253. The first-order chi connectivity index (χ1) is 8.39. The maximum Gasteiger partial charge on any atom is 0.433 e. The summed E-state index contributed by atoms with van der Waals surface area (Å²) in [5.74, 6) is -0.330. The first-order valence-corrected chi connectivity index (χ1v) is 6.61. The fourth-order valence-corrected chi connectivity index (χ4v) is 1.86. The van der Waals surface area contributed by atoms with Crippen LogP contribution in [0.4, 0.5) is 4.79 Å². The third kappa shape index (κ3) is 2.43. The molecule has 18 heavy (non-hydrogen) atoms. The van der Waals surface area contributed by atoms with E-state index in [9.17, 15) is 14.2 Å². The van der Waals surface area contributed by atoms with Crippen molar-refractivity contribution in [3.8, 4) is 0 Å². The number of nitrogens with zero attached hydrogens (tertiary/aromatic N) is 1. The van der Waals surface area contributed by atoms with Crippen LogP contribution in [0.3, 0.4) is 0 Å². The number of benzene rings is 1. The van der Waals surface area contributed by atoms with Gasteiger partial charge in [0.1, 0.15) is 0 Å². The number of rotatable bonds is 3. The predicted octanol–water partition coefficient (Wildman–Crippen LogP) is 0.914. The SMILES string of the molecule is O=C1c2ccccc2CN1COC(=O)P(=O)(O)O. The van der Waals surface area contributed by atoms with Crippen LogP contribution in [0, 0.1) is 0 Å². The van der Waals surface area contributed by atoms with Crippen LogP contribution < -0.4 is 0 Å². The topological polar surface area (TPSA) is 104 Å². The highest BCUT2D eigenvalue weighted by Gasteiger charge is 2.31. The van der Waals surface area contributed by atoms with Crippen molar-refractivity contribution in [3.05, 3.63) is 35.4 Å². The van der Waals surface area contributed by atoms with Crippen LogP contribution in [0.15, 0.2) is 24.3 Å². The fourth-order valence-electron chi connectivity index (χ4n) is 1.64. The molecule has 8 heteroatoms. The number of carbonyl (C=O) groups is 2. The summed E-state index contributed by atoms with van der Waals surface area (Å²) in [7, 11) is -4.91. The average Bonchev–Trinajstić information content (AvgIpc) is 2.63. The number of hydrogen-bond donors (Lipinski definition) is 2. The lowest BCUT2D eigenvalue weighted by atomic mass is 10.1. The summed E-state index contributed by atoms with van der Waals surface area (Å²) in [4.78, 5) is 40.9. The van der Waals surface area contributed by atoms with Crippen molar-refractivity contribution < 1.29 is 28.7 Å². The Morgan fingerprint density at radius 3 is 2.67 bits per heavy atom. The lowest BCUT2D eigenvalue weighted by Gasteiger charge is -2.15. The molecule has 0 spiro atoms. The van der Waals surface area contributed by atoms with E-state index in [2.05, 4.69) is 4.74 Å². The number of ether oxygens (including phenoxy) is 1. The lowest BCUT2D eigenvalue weighted by molar-refractivity contribution is 0.0526. The Balaban J connectivity index is 2.01. The van der Waals surface area contributed by atoms with Crippen molar-refractivity contribution >= 4 is 19.2 Å². The van der Waals surface area contributed by atoms with E-state index in [1.165, 1.54) is 4.90 Å². The summed E-state index contributed by atoms with van der Waals surface area (Å²) in [6.07, 6.45) is 0. The lowest BCUT2D eigenvalue weighted by Crippen LogP contribution is -2.27. The fraction of sp³-hybridized carbons (Fsp3) is 0.200. The van der Waals surface area contributed by atoms with Crippen LogP contribution in [0.1, 0.15) is 15.9 Å². The second-order valence-electron chi connectivity index (χ2n) is 3.74. The van der Waals surface area contributed by atoms with E-state index in [1.54, 1.807) is 24.3 Å². The smallest absolute Gasteiger partial charge is 0.433 e. The van der Waals surface area contributed by atoms with Crippen LogP contribution in [0.5, 0.6) is 0 Å². The van der Waals surface area contributed by atoms with E-state index in [0.29, 0.717) is 5.56 Å². The molecule has 0 saturated carbocycles. The molecule has 1 heterocycles. The minimum Gasteiger partial charge on any atom is -0.435 e. The number of fused-ring (bicyclic) bond motifs is 1. The maximum absolute atomic E-state index is 11.8. The zero-order chi connectivity index (χ0) is 13.3. The molecule has 0 saturated heterocycles. The number of amides is 1. The van der Waals surface area contributed by atoms with Gasteiger partial charge in [0.25, 0.3) is 5.91 Å². The van der Waals surface area contributed by atoms with Gasteiger partial charge in [-0.2, -0.15) is 0 Å². The van der Waals surface area contributed by atoms with E-state index < -0.39 is 20.0 Å². The Morgan fingerprint density at radius 1 is 1.39 bits per heavy atom. The summed E-state index contributed by atoms with van der Waals surface area (Å²) < 4.78 is 14.9. The Hall–Kier alpha value is -1.69. The Labute approximate surface area is 102 Å². The zero-order valence-electron chi connectivity index (χ0n) is 9.15. The molecule has 1 aromatic rings. The standard InChI is InChI=1S/C10H10NO6P/c12-9-8-4-2-1-3-7(8)5-11(9)6-17-10(13)18(14,15)16/h1-4H,5-6H2,(H2,14,15,16). The molecular formula is C10H10NO6P. The molecule has 2 rings (SSSR count). The molecule has 0 bridgehead atoms. The summed E-state index contributed by atoms with van der Waals surface area (Å²) in [6.45, 7) is -0.221. The van der Waals surface area contributed by atoms with Crippen molar-refractivity contribution in [2.24, 2.45) is 0 Å². The number of hydrogen-bond acceptors (Lipinski definition) is 4. The third-order valence-corrected chi connectivity index (χ3v) is 3.08. The zero-order valence-corrected chi connectivity index (χ0v) is 10.0. The third-order valence-electron chi connectivity index (χ3n) is 2.48. The van der Waals surface area contributed by atoms with Gasteiger partial charge in [-0.05, 0) is 11.6 Å². The van der Waals surface area contributed by atoms with Gasteiger partial charge < -0.3 is 19.4 Å². The van der Waals surface area contributed by atoms with Crippen LogP contribution in [-0.4, -0.2) is 33.0 Å². The molecule has 0 aromatic heterocycles. The molecule has 1 amide bonds. The van der Waals surface area contributed by atoms with Gasteiger partial charge >= 0.3 is 13.3 Å². The van der Waals surface area contributed by atoms with E-state index in [1.807, 2.05) is 0 Å². The monoisotopic (exact) mass is 271 g/mol. The van der Waals surface area contributed by atoms with E-state index in [4.69, 9.17) is 9.79 Å². The van der Waals surface area contributed by atoms with Crippen molar-refractivity contribution in [1.29, 1.82) is 0 Å². The molecular weight excluding hydrogens is 261 g/mol. The predicted molar refractivity (Wildman–Crippen MR) is 59.7 cm³/mol. The Morgan fingerprint density at radius 2 is 2.06 bits per heavy atom. The van der Waals surface area contributed by atoms with Crippen LogP contribution in [-0.2, 0) is 15.8 Å².